The monoisotopic (exact) mass is 387 g/mol. The lowest BCUT2D eigenvalue weighted by atomic mass is 10.1. The molecular weight excluding hydrogens is 373 g/mol. The fraction of sp³-hybridized carbons (Fsp3) is 0.250. The molecule has 0 heterocycles. The summed E-state index contributed by atoms with van der Waals surface area (Å²) in [4.78, 5) is 0. The van der Waals surface area contributed by atoms with Crippen molar-refractivity contribution in [2.45, 2.75) is 13.2 Å². The predicted molar refractivity (Wildman–Crippen MR) is 89.2 cm³/mol. The van der Waals surface area contributed by atoms with Gasteiger partial charge in [-0.15, -0.1) is 0 Å². The Balaban J connectivity index is 2.29. The molecule has 2 aromatic rings. The van der Waals surface area contributed by atoms with Crippen LogP contribution in [0.3, 0.4) is 0 Å². The molecule has 0 atom stereocenters. The number of ether oxygens (including phenoxy) is 2. The Kier molecular flexibility index (Phi) is 6.06. The van der Waals surface area contributed by atoms with E-state index in [2.05, 4.69) is 21.2 Å². The molecule has 2 rings (SSSR count). The van der Waals surface area contributed by atoms with Gasteiger partial charge in [-0.1, -0.05) is 33.6 Å². The molecule has 0 aliphatic rings. The molecular formula is C16H16BrClFNO2. The van der Waals surface area contributed by atoms with Gasteiger partial charge >= 0.3 is 0 Å². The lowest BCUT2D eigenvalue weighted by Gasteiger charge is -2.17. The highest BCUT2D eigenvalue weighted by Gasteiger charge is 2.15. The van der Waals surface area contributed by atoms with Crippen LogP contribution < -0.4 is 14.8 Å². The first-order chi connectivity index (χ1) is 10.6. The third-order valence-electron chi connectivity index (χ3n) is 3.13. The zero-order valence-electron chi connectivity index (χ0n) is 12.3. The SMILES string of the molecule is CNCc1c(Br)ccc(OC)c1OCc1ccc(F)cc1Cl. The summed E-state index contributed by atoms with van der Waals surface area (Å²) in [5.41, 5.74) is 1.65. The quantitative estimate of drug-likeness (QED) is 0.787. The summed E-state index contributed by atoms with van der Waals surface area (Å²) < 4.78 is 25.3. The van der Waals surface area contributed by atoms with Crippen LogP contribution >= 0.6 is 27.5 Å². The summed E-state index contributed by atoms with van der Waals surface area (Å²) in [7, 11) is 3.44. The summed E-state index contributed by atoms with van der Waals surface area (Å²) in [5.74, 6) is 0.892. The molecule has 0 aliphatic heterocycles. The van der Waals surface area contributed by atoms with Crippen molar-refractivity contribution in [2.75, 3.05) is 14.2 Å². The maximum absolute atomic E-state index is 13.1. The lowest BCUT2D eigenvalue weighted by molar-refractivity contribution is 0.280. The average molecular weight is 389 g/mol. The van der Waals surface area contributed by atoms with E-state index in [1.165, 1.54) is 12.1 Å². The first-order valence-electron chi connectivity index (χ1n) is 6.63. The summed E-state index contributed by atoms with van der Waals surface area (Å²) >= 11 is 9.54. The number of halogens is 3. The lowest BCUT2D eigenvalue weighted by Crippen LogP contribution is -2.09. The van der Waals surface area contributed by atoms with Crippen LogP contribution in [0.5, 0.6) is 11.5 Å². The maximum atomic E-state index is 13.1. The van der Waals surface area contributed by atoms with Crippen molar-refractivity contribution in [1.29, 1.82) is 0 Å². The molecule has 0 aliphatic carbocycles. The van der Waals surface area contributed by atoms with Gasteiger partial charge in [-0.05, 0) is 31.3 Å². The first-order valence-corrected chi connectivity index (χ1v) is 7.80. The van der Waals surface area contributed by atoms with E-state index in [-0.39, 0.29) is 12.4 Å². The van der Waals surface area contributed by atoms with Crippen molar-refractivity contribution >= 4 is 27.5 Å². The topological polar surface area (TPSA) is 30.5 Å². The molecule has 6 heteroatoms. The van der Waals surface area contributed by atoms with Crippen molar-refractivity contribution < 1.29 is 13.9 Å². The molecule has 2 aromatic carbocycles. The molecule has 0 radical (unpaired) electrons. The number of hydrogen-bond donors (Lipinski definition) is 1. The van der Waals surface area contributed by atoms with Crippen molar-refractivity contribution in [3.05, 3.63) is 56.8 Å². The van der Waals surface area contributed by atoms with Crippen molar-refractivity contribution in [2.24, 2.45) is 0 Å². The zero-order valence-corrected chi connectivity index (χ0v) is 14.6. The Morgan fingerprint density at radius 3 is 2.68 bits per heavy atom. The third kappa shape index (κ3) is 3.91. The molecule has 0 saturated heterocycles. The minimum Gasteiger partial charge on any atom is -0.493 e. The Labute approximate surface area is 142 Å². The number of rotatable bonds is 6. The molecule has 22 heavy (non-hydrogen) atoms. The summed E-state index contributed by atoms with van der Waals surface area (Å²) in [5, 5.41) is 3.43. The van der Waals surface area contributed by atoms with Crippen LogP contribution in [0.15, 0.2) is 34.8 Å². The van der Waals surface area contributed by atoms with E-state index >= 15 is 0 Å². The van der Waals surface area contributed by atoms with E-state index in [1.54, 1.807) is 13.2 Å². The second kappa shape index (κ2) is 7.81. The van der Waals surface area contributed by atoms with E-state index < -0.39 is 0 Å². The minimum absolute atomic E-state index is 0.225. The molecule has 0 fully saturated rings. The van der Waals surface area contributed by atoms with Crippen LogP contribution in [-0.4, -0.2) is 14.2 Å². The van der Waals surface area contributed by atoms with E-state index in [0.29, 0.717) is 28.6 Å². The van der Waals surface area contributed by atoms with Crippen molar-refractivity contribution in [1.82, 2.24) is 5.32 Å². The van der Waals surface area contributed by atoms with Gasteiger partial charge in [-0.25, -0.2) is 4.39 Å². The van der Waals surface area contributed by atoms with Gasteiger partial charge in [0.1, 0.15) is 12.4 Å². The Hall–Kier alpha value is -1.30. The van der Waals surface area contributed by atoms with Crippen molar-refractivity contribution in [3.63, 3.8) is 0 Å². The molecule has 0 unspecified atom stereocenters. The van der Waals surface area contributed by atoms with E-state index in [4.69, 9.17) is 21.1 Å². The Morgan fingerprint density at radius 2 is 2.05 bits per heavy atom. The zero-order chi connectivity index (χ0) is 16.1. The second-order valence-electron chi connectivity index (χ2n) is 4.61. The van der Waals surface area contributed by atoms with Gasteiger partial charge in [-0.2, -0.15) is 0 Å². The summed E-state index contributed by atoms with van der Waals surface area (Å²) in [6.45, 7) is 0.840. The largest absolute Gasteiger partial charge is 0.493 e. The smallest absolute Gasteiger partial charge is 0.167 e. The van der Waals surface area contributed by atoms with Gasteiger partial charge in [0.25, 0.3) is 0 Å². The van der Waals surface area contributed by atoms with Crippen LogP contribution in [0.1, 0.15) is 11.1 Å². The molecule has 0 bridgehead atoms. The number of nitrogens with one attached hydrogen (secondary N) is 1. The molecule has 1 N–H and O–H groups in total. The van der Waals surface area contributed by atoms with Gasteiger partial charge in [0.15, 0.2) is 11.5 Å². The van der Waals surface area contributed by atoms with Gasteiger partial charge in [-0.3, -0.25) is 0 Å². The molecule has 118 valence electrons. The normalized spacial score (nSPS) is 10.6. The van der Waals surface area contributed by atoms with Crippen LogP contribution in [0.2, 0.25) is 5.02 Å². The van der Waals surface area contributed by atoms with Crippen molar-refractivity contribution in [3.8, 4) is 11.5 Å². The van der Waals surface area contributed by atoms with Crippen LogP contribution in [0.4, 0.5) is 4.39 Å². The second-order valence-corrected chi connectivity index (χ2v) is 5.87. The Bertz CT molecular complexity index is 667. The van der Waals surface area contributed by atoms with Gasteiger partial charge in [0.05, 0.1) is 12.1 Å². The molecule has 0 amide bonds. The number of benzene rings is 2. The van der Waals surface area contributed by atoms with Gasteiger partial charge in [0.2, 0.25) is 0 Å². The number of methoxy groups -OCH3 is 1. The number of hydrogen-bond acceptors (Lipinski definition) is 3. The fourth-order valence-corrected chi connectivity index (χ4v) is 2.71. The van der Waals surface area contributed by atoms with E-state index in [1.807, 2.05) is 19.2 Å². The molecule has 3 nitrogen and oxygen atoms in total. The highest BCUT2D eigenvalue weighted by atomic mass is 79.9. The maximum Gasteiger partial charge on any atom is 0.167 e. The predicted octanol–water partition coefficient (Wildman–Crippen LogP) is 4.55. The highest BCUT2D eigenvalue weighted by molar-refractivity contribution is 9.10. The summed E-state index contributed by atoms with van der Waals surface area (Å²) in [6.07, 6.45) is 0. The standard InChI is InChI=1S/C16H16BrClFNO2/c1-20-8-12-13(17)5-6-15(21-2)16(12)22-9-10-3-4-11(19)7-14(10)18/h3-7,20H,8-9H2,1-2H3. The van der Waals surface area contributed by atoms with E-state index in [9.17, 15) is 4.39 Å². The van der Waals surface area contributed by atoms with E-state index in [0.717, 1.165) is 10.0 Å². The van der Waals surface area contributed by atoms with Gasteiger partial charge in [0, 0.05) is 22.1 Å². The molecule has 0 saturated carbocycles. The minimum atomic E-state index is -0.371. The molecule has 0 spiro atoms. The Morgan fingerprint density at radius 1 is 1.27 bits per heavy atom. The first kappa shape index (κ1) is 17.1. The molecule has 0 aromatic heterocycles. The average Bonchev–Trinajstić information content (AvgIpc) is 2.49. The summed E-state index contributed by atoms with van der Waals surface area (Å²) in [6, 6.07) is 7.97. The van der Waals surface area contributed by atoms with Crippen LogP contribution in [0.25, 0.3) is 0 Å². The highest BCUT2D eigenvalue weighted by Crippen LogP contribution is 2.37. The third-order valence-corrected chi connectivity index (χ3v) is 4.22. The van der Waals surface area contributed by atoms with Gasteiger partial charge < -0.3 is 14.8 Å². The van der Waals surface area contributed by atoms with Crippen LogP contribution in [0, 0.1) is 5.82 Å². The fourth-order valence-electron chi connectivity index (χ4n) is 2.03. The van der Waals surface area contributed by atoms with Crippen LogP contribution in [-0.2, 0) is 13.2 Å².